The van der Waals surface area contributed by atoms with Gasteiger partial charge in [0, 0.05) is 43.2 Å². The highest BCUT2D eigenvalue weighted by Gasteiger charge is 2.32. The third kappa shape index (κ3) is 4.70. The maximum Gasteiger partial charge on any atom is 0.137 e. The molecular weight excluding hydrogens is 653 g/mol. The van der Waals surface area contributed by atoms with E-state index in [1.54, 1.807) is 15.3 Å². The van der Waals surface area contributed by atoms with Gasteiger partial charge in [0.25, 0.3) is 0 Å². The Morgan fingerprint density at radius 1 is 0.731 bits per heavy atom. The first-order chi connectivity index (χ1) is 25.8. The van der Waals surface area contributed by atoms with Crippen molar-refractivity contribution in [2.45, 2.75) is 51.4 Å². The van der Waals surface area contributed by atoms with Crippen LogP contribution in [0.2, 0.25) is 0 Å². The van der Waals surface area contributed by atoms with Gasteiger partial charge >= 0.3 is 0 Å². The zero-order valence-corrected chi connectivity index (χ0v) is 30.0. The summed E-state index contributed by atoms with van der Waals surface area (Å²) in [7, 11) is 0. The van der Waals surface area contributed by atoms with Gasteiger partial charge in [0.2, 0.25) is 0 Å². The Hall–Kier alpha value is -5.32. The molecule has 0 aliphatic heterocycles. The molecule has 4 aliphatic carbocycles. The first kappa shape index (κ1) is 30.3. The molecule has 3 heterocycles. The number of anilines is 2. The van der Waals surface area contributed by atoms with E-state index in [9.17, 15) is 0 Å². The van der Waals surface area contributed by atoms with Crippen molar-refractivity contribution in [2.24, 2.45) is 11.8 Å². The summed E-state index contributed by atoms with van der Waals surface area (Å²) in [5, 5.41) is 3.69. The van der Waals surface area contributed by atoms with Gasteiger partial charge in [0.15, 0.2) is 0 Å². The summed E-state index contributed by atoms with van der Waals surface area (Å²) in [5.74, 6) is 0.988. The van der Waals surface area contributed by atoms with E-state index in [0.717, 1.165) is 36.8 Å². The summed E-state index contributed by atoms with van der Waals surface area (Å²) in [6.07, 6.45) is 25.9. The number of thiophene rings is 1. The van der Waals surface area contributed by atoms with Crippen LogP contribution in [-0.4, -0.2) is 4.57 Å². The minimum Gasteiger partial charge on any atom is -0.456 e. The minimum atomic E-state index is 0.468. The summed E-state index contributed by atoms with van der Waals surface area (Å²) >= 11 is 2.09. The highest BCUT2D eigenvalue weighted by molar-refractivity contribution is 7.12. The van der Waals surface area contributed by atoms with Crippen LogP contribution in [0.15, 0.2) is 132 Å². The summed E-state index contributed by atoms with van der Waals surface area (Å²) in [6.45, 7) is 0. The third-order valence-electron chi connectivity index (χ3n) is 11.9. The lowest BCUT2D eigenvalue weighted by Gasteiger charge is -2.32. The molecule has 0 amide bonds. The van der Waals surface area contributed by atoms with Crippen molar-refractivity contribution in [3.63, 3.8) is 0 Å². The quantitative estimate of drug-likeness (QED) is 0.179. The highest BCUT2D eigenvalue weighted by Crippen LogP contribution is 2.49. The Balaban J connectivity index is 1.16. The van der Waals surface area contributed by atoms with Gasteiger partial charge in [-0.1, -0.05) is 78.9 Å². The number of rotatable bonds is 5. The number of allylic oxidation sites excluding steroid dienone is 6. The zero-order valence-electron chi connectivity index (χ0n) is 29.2. The van der Waals surface area contributed by atoms with Crippen molar-refractivity contribution in [1.82, 2.24) is 4.57 Å². The van der Waals surface area contributed by atoms with E-state index in [1.165, 1.54) is 86.9 Å². The van der Waals surface area contributed by atoms with Crippen LogP contribution in [0.25, 0.3) is 50.3 Å². The molecular formula is C48H40N2OS. The molecule has 0 spiro atoms. The number of fused-ring (bicyclic) bond motifs is 9. The second-order valence-electron chi connectivity index (χ2n) is 14.9. The van der Waals surface area contributed by atoms with E-state index in [1.807, 2.05) is 0 Å². The van der Waals surface area contributed by atoms with Gasteiger partial charge < -0.3 is 13.9 Å². The molecule has 3 aromatic heterocycles. The van der Waals surface area contributed by atoms with Crippen molar-refractivity contribution >= 4 is 67.3 Å². The van der Waals surface area contributed by atoms with E-state index >= 15 is 0 Å². The number of para-hydroxylation sites is 2. The first-order valence-electron chi connectivity index (χ1n) is 19.1. The first-order valence-corrected chi connectivity index (χ1v) is 19.9. The lowest BCUT2D eigenvalue weighted by Crippen LogP contribution is -2.19. The fourth-order valence-corrected chi connectivity index (χ4v) is 11.0. The maximum absolute atomic E-state index is 6.51. The van der Waals surface area contributed by atoms with E-state index in [-0.39, 0.29) is 0 Å². The molecule has 0 saturated heterocycles. The average Bonchev–Trinajstić information content (AvgIpc) is 3.88. The molecule has 2 unspecified atom stereocenters. The van der Waals surface area contributed by atoms with Crippen LogP contribution in [0, 0.1) is 11.8 Å². The van der Waals surface area contributed by atoms with Gasteiger partial charge in [-0.3, -0.25) is 0 Å². The Bertz CT molecular complexity index is 2660. The predicted octanol–water partition coefficient (Wildman–Crippen LogP) is 12.9. The van der Waals surface area contributed by atoms with Crippen LogP contribution >= 0.6 is 11.3 Å². The van der Waals surface area contributed by atoms with Gasteiger partial charge in [-0.2, -0.15) is 0 Å². The van der Waals surface area contributed by atoms with Crippen molar-refractivity contribution in [1.29, 1.82) is 0 Å². The van der Waals surface area contributed by atoms with Crippen LogP contribution in [-0.2, 0) is 25.7 Å². The predicted molar refractivity (Wildman–Crippen MR) is 219 cm³/mol. The molecule has 0 N–H and O–H groups in total. The normalized spacial score (nSPS) is 19.2. The second kappa shape index (κ2) is 12.1. The second-order valence-corrected chi connectivity index (χ2v) is 16.1. The Morgan fingerprint density at radius 2 is 1.62 bits per heavy atom. The van der Waals surface area contributed by atoms with Crippen LogP contribution < -0.4 is 4.90 Å². The Morgan fingerprint density at radius 3 is 2.54 bits per heavy atom. The summed E-state index contributed by atoms with van der Waals surface area (Å²) in [5.41, 5.74) is 13.9. The van der Waals surface area contributed by atoms with E-state index in [0.29, 0.717) is 11.8 Å². The zero-order chi connectivity index (χ0) is 34.2. The number of hydrogen-bond donors (Lipinski definition) is 0. The standard InChI is InChI=1S/C48H40N2OS/c1-3-13-31(14-4-1)32-25-27-39-37(29-32)38-30-34(26-28-40(38)49(39)33-15-5-2-6-16-33)50(41-19-11-22-44-47(41)35-17-7-9-21-43(35)51-44)42-20-12-24-46-48(42)36-18-8-10-23-45(36)52-46/h1-7,9,11,13,15-17,19-22,25-28,30-32H,8,10,12,14,18,23-24,29H2. The Labute approximate surface area is 308 Å². The number of furan rings is 1. The number of hydrogen-bond acceptors (Lipinski definition) is 3. The van der Waals surface area contributed by atoms with Crippen molar-refractivity contribution in [2.75, 3.05) is 4.90 Å². The van der Waals surface area contributed by atoms with Crippen molar-refractivity contribution in [3.8, 4) is 5.69 Å². The molecule has 4 aromatic carbocycles. The van der Waals surface area contributed by atoms with Crippen LogP contribution in [0.4, 0.5) is 11.4 Å². The third-order valence-corrected chi connectivity index (χ3v) is 13.3. The van der Waals surface area contributed by atoms with Gasteiger partial charge in [0.05, 0.1) is 22.3 Å². The van der Waals surface area contributed by atoms with Gasteiger partial charge in [-0.25, -0.2) is 0 Å². The fourth-order valence-electron chi connectivity index (χ4n) is 9.57. The lowest BCUT2D eigenvalue weighted by atomic mass is 9.79. The number of nitrogens with zero attached hydrogens (tertiary/aromatic N) is 2. The van der Waals surface area contributed by atoms with Crippen LogP contribution in [0.1, 0.15) is 57.8 Å². The molecule has 0 bridgehead atoms. The smallest absolute Gasteiger partial charge is 0.137 e. The molecule has 0 fully saturated rings. The van der Waals surface area contributed by atoms with E-state index in [2.05, 4.69) is 154 Å². The van der Waals surface area contributed by atoms with E-state index < -0.39 is 0 Å². The lowest BCUT2D eigenvalue weighted by molar-refractivity contribution is 0.472. The Kier molecular flexibility index (Phi) is 7.08. The maximum atomic E-state index is 6.51. The van der Waals surface area contributed by atoms with Gasteiger partial charge in [0.1, 0.15) is 11.2 Å². The van der Waals surface area contributed by atoms with Crippen LogP contribution in [0.3, 0.4) is 0 Å². The molecule has 0 saturated carbocycles. The summed E-state index contributed by atoms with van der Waals surface area (Å²) < 4.78 is 9.00. The molecule has 2 atom stereocenters. The number of benzene rings is 4. The number of aryl methyl sites for hydroxylation is 2. The molecule has 11 rings (SSSR count). The fraction of sp³-hybridized carbons (Fsp3) is 0.208. The topological polar surface area (TPSA) is 21.3 Å². The molecule has 0 radical (unpaired) electrons. The molecule has 52 heavy (non-hydrogen) atoms. The molecule has 7 aromatic rings. The molecule has 4 aliphatic rings. The summed E-state index contributed by atoms with van der Waals surface area (Å²) in [4.78, 5) is 5.78. The van der Waals surface area contributed by atoms with E-state index in [4.69, 9.17) is 4.42 Å². The molecule has 4 heteroatoms. The van der Waals surface area contributed by atoms with Crippen molar-refractivity contribution in [3.05, 3.63) is 160 Å². The minimum absolute atomic E-state index is 0.468. The van der Waals surface area contributed by atoms with Gasteiger partial charge in [-0.05, 0) is 129 Å². The largest absolute Gasteiger partial charge is 0.456 e. The van der Waals surface area contributed by atoms with Gasteiger partial charge in [-0.15, -0.1) is 11.3 Å². The number of aromatic nitrogens is 1. The average molecular weight is 693 g/mol. The van der Waals surface area contributed by atoms with Crippen LogP contribution in [0.5, 0.6) is 0 Å². The molecule has 254 valence electrons. The summed E-state index contributed by atoms with van der Waals surface area (Å²) in [6, 6.07) is 33.3. The monoisotopic (exact) mass is 692 g/mol. The molecule has 3 nitrogen and oxygen atoms in total. The SMILES string of the molecule is C1=CCC(C2C=Cc3c(c4cc(N(C5=CCCc6sc7c(c65)CCCC7)c5cccc6oc7ccccc7c56)ccc4n3-c3ccccc3)C2)C=C1. The highest BCUT2D eigenvalue weighted by atomic mass is 32.1. The van der Waals surface area contributed by atoms with Crippen molar-refractivity contribution < 1.29 is 4.42 Å².